The summed E-state index contributed by atoms with van der Waals surface area (Å²) in [6.07, 6.45) is 6.43. The molecule has 0 radical (unpaired) electrons. The number of nitrogens with two attached hydrogens (primary N) is 1. The maximum atomic E-state index is 13.1. The van der Waals surface area contributed by atoms with Crippen molar-refractivity contribution in [1.29, 1.82) is 0 Å². The Hall–Kier alpha value is -0.640. The van der Waals surface area contributed by atoms with E-state index in [0.717, 1.165) is 12.0 Å². The highest BCUT2D eigenvalue weighted by Gasteiger charge is 2.26. The molecule has 0 aliphatic heterocycles. The number of aliphatic hydroxyl groups is 1. The van der Waals surface area contributed by atoms with E-state index >= 15 is 0 Å². The van der Waals surface area contributed by atoms with Crippen LogP contribution in [0.15, 0.2) is 18.2 Å². The molecule has 0 aromatic heterocycles. The van der Waals surface area contributed by atoms with E-state index < -0.39 is 6.10 Å². The standard InChI is InChI=1S/C16H23ClFNO/c17-15-9-12(18)6-7-13(15)14(10-19)16(20)8-11-4-2-1-3-5-11/h6-7,9,11,14,16,20H,1-5,8,10,19H2. The zero-order chi connectivity index (χ0) is 14.5. The summed E-state index contributed by atoms with van der Waals surface area (Å²) in [5.74, 6) is -0.00616. The minimum atomic E-state index is -0.508. The van der Waals surface area contributed by atoms with Crippen LogP contribution >= 0.6 is 11.6 Å². The highest BCUT2D eigenvalue weighted by molar-refractivity contribution is 6.31. The lowest BCUT2D eigenvalue weighted by Gasteiger charge is -2.28. The number of halogens is 2. The largest absolute Gasteiger partial charge is 0.392 e. The molecule has 0 bridgehead atoms. The lowest BCUT2D eigenvalue weighted by molar-refractivity contribution is 0.106. The Morgan fingerprint density at radius 3 is 2.60 bits per heavy atom. The molecule has 4 heteroatoms. The van der Waals surface area contributed by atoms with Gasteiger partial charge in [-0.1, -0.05) is 49.8 Å². The smallest absolute Gasteiger partial charge is 0.124 e. The van der Waals surface area contributed by atoms with Crippen LogP contribution in [0.3, 0.4) is 0 Å². The summed E-state index contributed by atoms with van der Waals surface area (Å²) in [6, 6.07) is 4.30. The first-order valence-electron chi connectivity index (χ1n) is 7.45. The second-order valence-corrected chi connectivity index (χ2v) is 6.22. The summed E-state index contributed by atoms with van der Waals surface area (Å²) in [5.41, 5.74) is 6.55. The third-order valence-electron chi connectivity index (χ3n) is 4.38. The van der Waals surface area contributed by atoms with Gasteiger partial charge in [-0.2, -0.15) is 0 Å². The highest BCUT2D eigenvalue weighted by atomic mass is 35.5. The van der Waals surface area contributed by atoms with Crippen molar-refractivity contribution in [1.82, 2.24) is 0 Å². The van der Waals surface area contributed by atoms with Crippen LogP contribution in [0.1, 0.15) is 50.0 Å². The van der Waals surface area contributed by atoms with Gasteiger partial charge >= 0.3 is 0 Å². The van der Waals surface area contributed by atoms with Gasteiger partial charge in [-0.3, -0.25) is 0 Å². The SMILES string of the molecule is NCC(c1ccc(F)cc1Cl)C(O)CC1CCCCC1. The Morgan fingerprint density at radius 1 is 1.30 bits per heavy atom. The van der Waals surface area contributed by atoms with Gasteiger partial charge in [-0.05, 0) is 30.0 Å². The fourth-order valence-corrected chi connectivity index (χ4v) is 3.53. The Morgan fingerprint density at radius 2 is 2.00 bits per heavy atom. The van der Waals surface area contributed by atoms with Gasteiger partial charge in [0, 0.05) is 17.5 Å². The molecule has 2 atom stereocenters. The lowest BCUT2D eigenvalue weighted by Crippen LogP contribution is -2.28. The van der Waals surface area contributed by atoms with Crippen molar-refractivity contribution in [3.63, 3.8) is 0 Å². The lowest BCUT2D eigenvalue weighted by atomic mass is 9.81. The minimum Gasteiger partial charge on any atom is -0.392 e. The fourth-order valence-electron chi connectivity index (χ4n) is 3.22. The maximum absolute atomic E-state index is 13.1. The average Bonchev–Trinajstić information content (AvgIpc) is 2.43. The van der Waals surface area contributed by atoms with E-state index in [1.54, 1.807) is 6.07 Å². The van der Waals surface area contributed by atoms with Crippen LogP contribution in [0.2, 0.25) is 5.02 Å². The van der Waals surface area contributed by atoms with E-state index in [-0.39, 0.29) is 11.7 Å². The molecular weight excluding hydrogens is 277 g/mol. The molecule has 0 saturated heterocycles. The number of rotatable bonds is 5. The molecule has 2 unspecified atom stereocenters. The predicted octanol–water partition coefficient (Wildman–Crippen LogP) is 3.85. The van der Waals surface area contributed by atoms with Crippen LogP contribution in [0, 0.1) is 11.7 Å². The summed E-state index contributed by atoms with van der Waals surface area (Å²) < 4.78 is 13.1. The molecule has 1 aromatic rings. The molecule has 3 N–H and O–H groups in total. The van der Waals surface area contributed by atoms with Crippen molar-refractivity contribution in [3.05, 3.63) is 34.6 Å². The van der Waals surface area contributed by atoms with Crippen LogP contribution in [-0.4, -0.2) is 17.8 Å². The van der Waals surface area contributed by atoms with Crippen molar-refractivity contribution in [3.8, 4) is 0 Å². The molecule has 0 spiro atoms. The Bertz CT molecular complexity index is 434. The zero-order valence-electron chi connectivity index (χ0n) is 11.7. The van der Waals surface area contributed by atoms with E-state index in [1.807, 2.05) is 0 Å². The van der Waals surface area contributed by atoms with Gasteiger partial charge in [0.05, 0.1) is 6.10 Å². The minimum absolute atomic E-state index is 0.218. The first-order chi connectivity index (χ1) is 9.61. The molecule has 2 nitrogen and oxygen atoms in total. The normalized spacial score (nSPS) is 19.8. The monoisotopic (exact) mass is 299 g/mol. The van der Waals surface area contributed by atoms with Crippen molar-refractivity contribution in [2.45, 2.75) is 50.5 Å². The number of hydrogen-bond acceptors (Lipinski definition) is 2. The van der Waals surface area contributed by atoms with Gasteiger partial charge in [0.25, 0.3) is 0 Å². The van der Waals surface area contributed by atoms with Gasteiger partial charge in [0.15, 0.2) is 0 Å². The van der Waals surface area contributed by atoms with Crippen molar-refractivity contribution >= 4 is 11.6 Å². The molecule has 112 valence electrons. The molecule has 1 aromatic carbocycles. The van der Waals surface area contributed by atoms with E-state index in [2.05, 4.69) is 0 Å². The van der Waals surface area contributed by atoms with E-state index in [9.17, 15) is 9.50 Å². The van der Waals surface area contributed by atoms with Gasteiger partial charge in [-0.25, -0.2) is 4.39 Å². The molecule has 1 aliphatic carbocycles. The van der Waals surface area contributed by atoms with E-state index in [1.165, 1.54) is 44.2 Å². The van der Waals surface area contributed by atoms with Crippen LogP contribution in [-0.2, 0) is 0 Å². The first kappa shape index (κ1) is 15.7. The summed E-state index contributed by atoms with van der Waals surface area (Å²) in [7, 11) is 0. The topological polar surface area (TPSA) is 46.2 Å². The van der Waals surface area contributed by atoms with Crippen molar-refractivity contribution in [2.24, 2.45) is 11.7 Å². The van der Waals surface area contributed by atoms with Gasteiger partial charge in [0.2, 0.25) is 0 Å². The Kier molecular flexibility index (Phi) is 5.82. The van der Waals surface area contributed by atoms with Crippen LogP contribution in [0.4, 0.5) is 4.39 Å². The number of hydrogen-bond donors (Lipinski definition) is 2. The quantitative estimate of drug-likeness (QED) is 0.867. The van der Waals surface area contributed by atoms with Gasteiger partial charge in [0.1, 0.15) is 5.82 Å². The zero-order valence-corrected chi connectivity index (χ0v) is 12.5. The molecular formula is C16H23ClFNO. The summed E-state index contributed by atoms with van der Waals surface area (Å²) in [6.45, 7) is 0.319. The molecule has 2 rings (SSSR count). The molecule has 1 fully saturated rings. The maximum Gasteiger partial charge on any atom is 0.124 e. The number of benzene rings is 1. The van der Waals surface area contributed by atoms with E-state index in [0.29, 0.717) is 17.5 Å². The number of aliphatic hydroxyl groups excluding tert-OH is 1. The average molecular weight is 300 g/mol. The summed E-state index contributed by atoms with van der Waals surface area (Å²) >= 11 is 6.08. The molecule has 20 heavy (non-hydrogen) atoms. The van der Waals surface area contributed by atoms with Crippen molar-refractivity contribution < 1.29 is 9.50 Å². The Labute approximate surface area is 125 Å². The van der Waals surface area contributed by atoms with Crippen LogP contribution in [0.5, 0.6) is 0 Å². The van der Waals surface area contributed by atoms with Crippen LogP contribution < -0.4 is 5.73 Å². The third kappa shape index (κ3) is 3.94. The predicted molar refractivity (Wildman–Crippen MR) is 80.4 cm³/mol. The summed E-state index contributed by atoms with van der Waals surface area (Å²) in [4.78, 5) is 0. The van der Waals surface area contributed by atoms with Crippen LogP contribution in [0.25, 0.3) is 0 Å². The van der Waals surface area contributed by atoms with E-state index in [4.69, 9.17) is 17.3 Å². The molecule has 1 aliphatic rings. The Balaban J connectivity index is 2.06. The highest BCUT2D eigenvalue weighted by Crippen LogP contribution is 2.33. The molecule has 0 heterocycles. The third-order valence-corrected chi connectivity index (χ3v) is 4.71. The first-order valence-corrected chi connectivity index (χ1v) is 7.82. The fraction of sp³-hybridized carbons (Fsp3) is 0.625. The van der Waals surface area contributed by atoms with Gasteiger partial charge in [-0.15, -0.1) is 0 Å². The second kappa shape index (κ2) is 7.39. The molecule has 1 saturated carbocycles. The summed E-state index contributed by atoms with van der Waals surface area (Å²) in [5, 5.41) is 10.8. The second-order valence-electron chi connectivity index (χ2n) is 5.82. The molecule has 0 amide bonds. The van der Waals surface area contributed by atoms with Gasteiger partial charge < -0.3 is 10.8 Å². The van der Waals surface area contributed by atoms with Crippen molar-refractivity contribution in [2.75, 3.05) is 6.54 Å².